The van der Waals surface area contributed by atoms with Crippen molar-refractivity contribution in [3.8, 4) is 9.75 Å². The third-order valence-corrected chi connectivity index (χ3v) is 4.87. The number of carbonyl (C=O) groups is 1. The van der Waals surface area contributed by atoms with Gasteiger partial charge in [-0.15, -0.1) is 22.7 Å². The zero-order chi connectivity index (χ0) is 11.8. The molecule has 0 saturated heterocycles. The highest BCUT2D eigenvalue weighted by molar-refractivity contribution is 7.26. The molecule has 0 atom stereocenters. The Labute approximate surface area is 106 Å². The van der Waals surface area contributed by atoms with Crippen LogP contribution in [0.1, 0.15) is 9.67 Å². The molecule has 2 nitrogen and oxygen atoms in total. The molecule has 0 spiro atoms. The quantitative estimate of drug-likeness (QED) is 0.744. The van der Waals surface area contributed by atoms with Gasteiger partial charge in [-0.05, 0) is 29.7 Å². The van der Waals surface area contributed by atoms with Gasteiger partial charge in [-0.25, -0.2) is 4.79 Å². The molecule has 0 amide bonds. The van der Waals surface area contributed by atoms with Crippen LogP contribution in [0.2, 0.25) is 0 Å². The number of benzene rings is 1. The van der Waals surface area contributed by atoms with Gasteiger partial charge in [0.05, 0.1) is 0 Å². The number of aromatic carboxylic acids is 1. The van der Waals surface area contributed by atoms with Gasteiger partial charge in [-0.2, -0.15) is 0 Å². The Balaban J connectivity index is 2.10. The summed E-state index contributed by atoms with van der Waals surface area (Å²) in [6.45, 7) is 0. The van der Waals surface area contributed by atoms with Crippen molar-refractivity contribution in [2.24, 2.45) is 0 Å². The second-order valence-electron chi connectivity index (χ2n) is 3.62. The van der Waals surface area contributed by atoms with Crippen molar-refractivity contribution >= 4 is 38.7 Å². The minimum atomic E-state index is -0.859. The van der Waals surface area contributed by atoms with Crippen LogP contribution in [-0.2, 0) is 0 Å². The fourth-order valence-electron chi connectivity index (χ4n) is 1.69. The van der Waals surface area contributed by atoms with Crippen LogP contribution in [-0.4, -0.2) is 11.1 Å². The molecule has 0 aliphatic carbocycles. The summed E-state index contributed by atoms with van der Waals surface area (Å²) >= 11 is 3.01. The fourth-order valence-corrected chi connectivity index (χ4v) is 3.68. The SMILES string of the molecule is O=C(O)c1ccc(-c2cc3ccccc3s2)s1. The molecule has 0 saturated carbocycles. The second-order valence-corrected chi connectivity index (χ2v) is 5.79. The summed E-state index contributed by atoms with van der Waals surface area (Å²) in [6.07, 6.45) is 0. The molecule has 1 aromatic carbocycles. The van der Waals surface area contributed by atoms with Gasteiger partial charge in [0.1, 0.15) is 4.88 Å². The Hall–Kier alpha value is -1.65. The zero-order valence-electron chi connectivity index (χ0n) is 8.71. The highest BCUT2D eigenvalue weighted by Gasteiger charge is 2.10. The van der Waals surface area contributed by atoms with Gasteiger partial charge >= 0.3 is 5.97 Å². The third-order valence-electron chi connectivity index (χ3n) is 2.49. The predicted molar refractivity (Wildman–Crippen MR) is 72.1 cm³/mol. The Kier molecular flexibility index (Phi) is 2.46. The minimum absolute atomic E-state index is 0.387. The number of rotatable bonds is 2. The van der Waals surface area contributed by atoms with E-state index in [1.807, 2.05) is 18.2 Å². The molecule has 0 bridgehead atoms. The van der Waals surface area contributed by atoms with Gasteiger partial charge in [0, 0.05) is 14.5 Å². The van der Waals surface area contributed by atoms with Crippen molar-refractivity contribution in [1.82, 2.24) is 0 Å². The lowest BCUT2D eigenvalue weighted by Gasteiger charge is -1.87. The lowest BCUT2D eigenvalue weighted by atomic mass is 10.2. The Morgan fingerprint density at radius 1 is 1.00 bits per heavy atom. The van der Waals surface area contributed by atoms with Gasteiger partial charge in [0.2, 0.25) is 0 Å². The average Bonchev–Trinajstić information content (AvgIpc) is 2.95. The summed E-state index contributed by atoms with van der Waals surface area (Å²) in [5, 5.41) is 10.1. The summed E-state index contributed by atoms with van der Waals surface area (Å²) < 4.78 is 1.23. The third kappa shape index (κ3) is 1.85. The molecule has 0 fully saturated rings. The number of carboxylic acid groups (broad SMARTS) is 1. The summed E-state index contributed by atoms with van der Waals surface area (Å²) in [5.41, 5.74) is 0. The van der Waals surface area contributed by atoms with E-state index in [0.717, 1.165) is 9.75 Å². The monoisotopic (exact) mass is 260 g/mol. The van der Waals surface area contributed by atoms with Crippen LogP contribution in [0.4, 0.5) is 0 Å². The van der Waals surface area contributed by atoms with Crippen molar-refractivity contribution in [3.05, 3.63) is 47.3 Å². The number of thiophene rings is 2. The first kappa shape index (κ1) is 10.5. The minimum Gasteiger partial charge on any atom is -0.477 e. The largest absolute Gasteiger partial charge is 0.477 e. The van der Waals surface area contributed by atoms with Crippen molar-refractivity contribution in [2.75, 3.05) is 0 Å². The van der Waals surface area contributed by atoms with Crippen LogP contribution in [0, 0.1) is 0 Å². The summed E-state index contributed by atoms with van der Waals surface area (Å²) in [4.78, 5) is 13.4. The fraction of sp³-hybridized carbons (Fsp3) is 0. The van der Waals surface area contributed by atoms with E-state index in [-0.39, 0.29) is 0 Å². The number of carboxylic acids is 1. The second kappa shape index (κ2) is 3.98. The van der Waals surface area contributed by atoms with Gasteiger partial charge in [-0.1, -0.05) is 18.2 Å². The van der Waals surface area contributed by atoms with E-state index < -0.39 is 5.97 Å². The van der Waals surface area contributed by atoms with Crippen LogP contribution in [0.5, 0.6) is 0 Å². The molecule has 1 N–H and O–H groups in total. The Morgan fingerprint density at radius 3 is 2.53 bits per heavy atom. The van der Waals surface area contributed by atoms with E-state index in [9.17, 15) is 4.79 Å². The first-order chi connectivity index (χ1) is 8.24. The molecule has 3 rings (SSSR count). The molecule has 0 aliphatic heterocycles. The lowest BCUT2D eigenvalue weighted by Crippen LogP contribution is -1.89. The van der Waals surface area contributed by atoms with E-state index in [2.05, 4.69) is 18.2 Å². The molecule has 0 aliphatic rings. The smallest absolute Gasteiger partial charge is 0.345 e. The van der Waals surface area contributed by atoms with Crippen LogP contribution in [0.15, 0.2) is 42.5 Å². The molecular weight excluding hydrogens is 252 g/mol. The summed E-state index contributed by atoms with van der Waals surface area (Å²) in [7, 11) is 0. The van der Waals surface area contributed by atoms with E-state index in [1.54, 1.807) is 17.4 Å². The van der Waals surface area contributed by atoms with E-state index >= 15 is 0 Å². The number of fused-ring (bicyclic) bond motifs is 1. The molecule has 84 valence electrons. The zero-order valence-corrected chi connectivity index (χ0v) is 10.3. The highest BCUT2D eigenvalue weighted by atomic mass is 32.1. The first-order valence-electron chi connectivity index (χ1n) is 5.06. The van der Waals surface area contributed by atoms with Crippen LogP contribution >= 0.6 is 22.7 Å². The molecule has 0 radical (unpaired) electrons. The van der Waals surface area contributed by atoms with Crippen molar-refractivity contribution in [3.63, 3.8) is 0 Å². The maximum absolute atomic E-state index is 10.8. The highest BCUT2D eigenvalue weighted by Crippen LogP contribution is 2.36. The Morgan fingerprint density at radius 2 is 1.82 bits per heavy atom. The Bertz CT molecular complexity index is 661. The van der Waals surface area contributed by atoms with Gasteiger partial charge in [-0.3, -0.25) is 0 Å². The van der Waals surface area contributed by atoms with Gasteiger partial charge in [0.15, 0.2) is 0 Å². The first-order valence-corrected chi connectivity index (χ1v) is 6.69. The topological polar surface area (TPSA) is 37.3 Å². The molecule has 0 unspecified atom stereocenters. The van der Waals surface area contributed by atoms with Gasteiger partial charge in [0.25, 0.3) is 0 Å². The molecule has 2 heterocycles. The number of hydrogen-bond donors (Lipinski definition) is 1. The summed E-state index contributed by atoms with van der Waals surface area (Å²) in [5.74, 6) is -0.859. The summed E-state index contributed by atoms with van der Waals surface area (Å²) in [6, 6.07) is 13.8. The van der Waals surface area contributed by atoms with Crippen molar-refractivity contribution < 1.29 is 9.90 Å². The van der Waals surface area contributed by atoms with E-state index in [0.29, 0.717) is 4.88 Å². The lowest BCUT2D eigenvalue weighted by molar-refractivity contribution is 0.0702. The van der Waals surface area contributed by atoms with Crippen molar-refractivity contribution in [1.29, 1.82) is 0 Å². The van der Waals surface area contributed by atoms with Crippen LogP contribution < -0.4 is 0 Å². The van der Waals surface area contributed by atoms with E-state index in [4.69, 9.17) is 5.11 Å². The normalized spacial score (nSPS) is 10.8. The van der Waals surface area contributed by atoms with Crippen LogP contribution in [0.3, 0.4) is 0 Å². The van der Waals surface area contributed by atoms with Crippen LogP contribution in [0.25, 0.3) is 19.8 Å². The maximum atomic E-state index is 10.8. The molecule has 2 aromatic heterocycles. The average molecular weight is 260 g/mol. The van der Waals surface area contributed by atoms with Crippen molar-refractivity contribution in [2.45, 2.75) is 0 Å². The number of hydrogen-bond acceptors (Lipinski definition) is 3. The standard InChI is InChI=1S/C13H8O2S2/c14-13(15)11-6-5-10(17-11)12-7-8-3-1-2-4-9(8)16-12/h1-7H,(H,14,15). The molecule has 3 aromatic rings. The molecule has 17 heavy (non-hydrogen) atoms. The van der Waals surface area contributed by atoms with Gasteiger partial charge < -0.3 is 5.11 Å². The van der Waals surface area contributed by atoms with E-state index in [1.165, 1.54) is 21.4 Å². The molecule has 4 heteroatoms. The maximum Gasteiger partial charge on any atom is 0.345 e. The molecular formula is C13H8O2S2. The predicted octanol–water partition coefficient (Wildman–Crippen LogP) is 4.33.